The van der Waals surface area contributed by atoms with Gasteiger partial charge in [0.05, 0.1) is 12.6 Å². The normalized spacial score (nSPS) is 12.5. The highest BCUT2D eigenvalue weighted by molar-refractivity contribution is 5.96. The number of nitrogens with one attached hydrogen (secondary N) is 1. The molecule has 1 aromatic carbocycles. The fourth-order valence-electron chi connectivity index (χ4n) is 1.76. The van der Waals surface area contributed by atoms with E-state index in [-0.39, 0.29) is 23.6 Å². The van der Waals surface area contributed by atoms with Gasteiger partial charge in [0.15, 0.2) is 0 Å². The predicted octanol–water partition coefficient (Wildman–Crippen LogP) is 2.49. The van der Waals surface area contributed by atoms with Gasteiger partial charge >= 0.3 is 0 Å². The SMILES string of the molecule is CCOCC(NC(=O)c1cccc(O)c1C)C(C)C. The van der Waals surface area contributed by atoms with E-state index < -0.39 is 0 Å². The van der Waals surface area contributed by atoms with Crippen molar-refractivity contribution in [3.8, 4) is 5.75 Å². The van der Waals surface area contributed by atoms with Crippen molar-refractivity contribution in [1.29, 1.82) is 0 Å². The summed E-state index contributed by atoms with van der Waals surface area (Å²) in [7, 11) is 0. The average Bonchev–Trinajstić information content (AvgIpc) is 2.37. The summed E-state index contributed by atoms with van der Waals surface area (Å²) in [5, 5.41) is 12.6. The van der Waals surface area contributed by atoms with Crippen LogP contribution >= 0.6 is 0 Å². The van der Waals surface area contributed by atoms with E-state index in [4.69, 9.17) is 4.74 Å². The van der Waals surface area contributed by atoms with Crippen molar-refractivity contribution >= 4 is 5.91 Å². The topological polar surface area (TPSA) is 58.6 Å². The molecule has 1 rings (SSSR count). The van der Waals surface area contributed by atoms with Crippen LogP contribution in [0.1, 0.15) is 36.7 Å². The number of phenolic OH excluding ortho intramolecular Hbond substituents is 1. The average molecular weight is 265 g/mol. The predicted molar refractivity (Wildman–Crippen MR) is 75.4 cm³/mol. The molecular formula is C15H23NO3. The second kappa shape index (κ2) is 7.14. The zero-order valence-corrected chi connectivity index (χ0v) is 12.1. The van der Waals surface area contributed by atoms with Crippen LogP contribution in [0.15, 0.2) is 18.2 Å². The van der Waals surface area contributed by atoms with Crippen LogP contribution in [0.5, 0.6) is 5.75 Å². The van der Waals surface area contributed by atoms with E-state index in [2.05, 4.69) is 5.32 Å². The van der Waals surface area contributed by atoms with Crippen molar-refractivity contribution in [3.63, 3.8) is 0 Å². The smallest absolute Gasteiger partial charge is 0.251 e. The van der Waals surface area contributed by atoms with Crippen LogP contribution in [0.3, 0.4) is 0 Å². The molecule has 106 valence electrons. The molecule has 4 heteroatoms. The first-order chi connectivity index (χ1) is 8.97. The molecule has 0 aliphatic heterocycles. The number of carbonyl (C=O) groups excluding carboxylic acids is 1. The van der Waals surface area contributed by atoms with Crippen molar-refractivity contribution in [1.82, 2.24) is 5.32 Å². The van der Waals surface area contributed by atoms with E-state index in [1.807, 2.05) is 20.8 Å². The van der Waals surface area contributed by atoms with Crippen molar-refractivity contribution in [3.05, 3.63) is 29.3 Å². The standard InChI is InChI=1S/C15H23NO3/c1-5-19-9-13(10(2)3)16-15(18)12-7-6-8-14(17)11(12)4/h6-8,10,13,17H,5,9H2,1-4H3,(H,16,18). The Kier molecular flexibility index (Phi) is 5.83. The van der Waals surface area contributed by atoms with Crippen molar-refractivity contribution < 1.29 is 14.6 Å². The van der Waals surface area contributed by atoms with Gasteiger partial charge < -0.3 is 15.2 Å². The van der Waals surface area contributed by atoms with Crippen molar-refractivity contribution in [2.45, 2.75) is 33.7 Å². The second-order valence-corrected chi connectivity index (χ2v) is 4.93. The Morgan fingerprint density at radius 1 is 1.42 bits per heavy atom. The Bertz CT molecular complexity index is 429. The first kappa shape index (κ1) is 15.5. The largest absolute Gasteiger partial charge is 0.508 e. The monoisotopic (exact) mass is 265 g/mol. The van der Waals surface area contributed by atoms with Gasteiger partial charge in [0.1, 0.15) is 5.75 Å². The Labute approximate surface area is 114 Å². The molecule has 0 saturated heterocycles. The van der Waals surface area contributed by atoms with E-state index in [0.717, 1.165) is 0 Å². The van der Waals surface area contributed by atoms with E-state index in [9.17, 15) is 9.90 Å². The Balaban J connectivity index is 2.79. The van der Waals surface area contributed by atoms with Crippen molar-refractivity contribution in [2.24, 2.45) is 5.92 Å². The molecule has 0 bridgehead atoms. The third-order valence-electron chi connectivity index (χ3n) is 3.17. The molecule has 0 saturated carbocycles. The van der Waals surface area contributed by atoms with Crippen LogP contribution in [0.4, 0.5) is 0 Å². The zero-order valence-electron chi connectivity index (χ0n) is 12.1. The van der Waals surface area contributed by atoms with Crippen LogP contribution in [-0.4, -0.2) is 30.3 Å². The molecule has 19 heavy (non-hydrogen) atoms. The van der Waals surface area contributed by atoms with Gasteiger partial charge in [-0.15, -0.1) is 0 Å². The number of hydrogen-bond donors (Lipinski definition) is 2. The molecule has 0 aliphatic carbocycles. The number of aromatic hydroxyl groups is 1. The molecule has 0 spiro atoms. The molecule has 0 radical (unpaired) electrons. The summed E-state index contributed by atoms with van der Waals surface area (Å²) in [6, 6.07) is 4.92. The molecule has 0 fully saturated rings. The zero-order chi connectivity index (χ0) is 14.4. The number of rotatable bonds is 6. The minimum absolute atomic E-state index is 0.0331. The third kappa shape index (κ3) is 4.24. The molecule has 0 aromatic heterocycles. The van der Waals surface area contributed by atoms with Crippen LogP contribution in [0.2, 0.25) is 0 Å². The van der Waals surface area contributed by atoms with Crippen LogP contribution < -0.4 is 5.32 Å². The molecule has 2 N–H and O–H groups in total. The lowest BCUT2D eigenvalue weighted by molar-refractivity contribution is 0.0805. The summed E-state index contributed by atoms with van der Waals surface area (Å²) in [6.07, 6.45) is 0. The molecule has 1 unspecified atom stereocenters. The van der Waals surface area contributed by atoms with Crippen LogP contribution in [0.25, 0.3) is 0 Å². The third-order valence-corrected chi connectivity index (χ3v) is 3.17. The lowest BCUT2D eigenvalue weighted by Crippen LogP contribution is -2.42. The van der Waals surface area contributed by atoms with Gasteiger partial charge in [0.25, 0.3) is 5.91 Å². The Morgan fingerprint density at radius 2 is 2.11 bits per heavy atom. The van der Waals surface area contributed by atoms with Gasteiger partial charge in [-0.2, -0.15) is 0 Å². The fourth-order valence-corrected chi connectivity index (χ4v) is 1.76. The van der Waals surface area contributed by atoms with E-state index in [1.165, 1.54) is 0 Å². The number of phenols is 1. The van der Waals surface area contributed by atoms with Gasteiger partial charge in [0, 0.05) is 17.7 Å². The van der Waals surface area contributed by atoms with E-state index in [1.54, 1.807) is 25.1 Å². The molecular weight excluding hydrogens is 242 g/mol. The molecule has 1 aromatic rings. The highest BCUT2D eigenvalue weighted by Gasteiger charge is 2.19. The molecule has 1 amide bonds. The van der Waals surface area contributed by atoms with Gasteiger partial charge in [0.2, 0.25) is 0 Å². The Hall–Kier alpha value is -1.55. The fraction of sp³-hybridized carbons (Fsp3) is 0.533. The number of carbonyl (C=O) groups is 1. The number of ether oxygens (including phenoxy) is 1. The summed E-state index contributed by atoms with van der Waals surface area (Å²) in [5.74, 6) is 0.249. The summed E-state index contributed by atoms with van der Waals surface area (Å²) in [4.78, 5) is 12.2. The Morgan fingerprint density at radius 3 is 2.68 bits per heavy atom. The molecule has 0 heterocycles. The minimum atomic E-state index is -0.174. The highest BCUT2D eigenvalue weighted by Crippen LogP contribution is 2.19. The van der Waals surface area contributed by atoms with Crippen LogP contribution in [-0.2, 0) is 4.74 Å². The first-order valence-electron chi connectivity index (χ1n) is 6.64. The maximum absolute atomic E-state index is 12.2. The van der Waals surface area contributed by atoms with Gasteiger partial charge in [-0.25, -0.2) is 0 Å². The summed E-state index contributed by atoms with van der Waals surface area (Å²) < 4.78 is 5.38. The van der Waals surface area contributed by atoms with Gasteiger partial charge in [-0.1, -0.05) is 19.9 Å². The van der Waals surface area contributed by atoms with Gasteiger partial charge in [-0.05, 0) is 31.9 Å². The summed E-state index contributed by atoms with van der Waals surface area (Å²) >= 11 is 0. The lowest BCUT2D eigenvalue weighted by Gasteiger charge is -2.22. The molecule has 0 aliphatic rings. The number of benzene rings is 1. The first-order valence-corrected chi connectivity index (χ1v) is 6.64. The van der Waals surface area contributed by atoms with Crippen molar-refractivity contribution in [2.75, 3.05) is 13.2 Å². The van der Waals surface area contributed by atoms with Crippen LogP contribution in [0, 0.1) is 12.8 Å². The van der Waals surface area contributed by atoms with Gasteiger partial charge in [-0.3, -0.25) is 4.79 Å². The minimum Gasteiger partial charge on any atom is -0.508 e. The summed E-state index contributed by atoms with van der Waals surface area (Å²) in [6.45, 7) is 8.87. The maximum atomic E-state index is 12.2. The number of hydrogen-bond acceptors (Lipinski definition) is 3. The second-order valence-electron chi connectivity index (χ2n) is 4.93. The van der Waals surface area contributed by atoms with E-state index in [0.29, 0.717) is 24.3 Å². The molecule has 4 nitrogen and oxygen atoms in total. The lowest BCUT2D eigenvalue weighted by atomic mass is 10.0. The maximum Gasteiger partial charge on any atom is 0.251 e. The summed E-state index contributed by atoms with van der Waals surface area (Å²) in [5.41, 5.74) is 1.10. The van der Waals surface area contributed by atoms with E-state index >= 15 is 0 Å². The highest BCUT2D eigenvalue weighted by atomic mass is 16.5. The number of amides is 1. The molecule has 1 atom stereocenters. The quantitative estimate of drug-likeness (QED) is 0.830.